The summed E-state index contributed by atoms with van der Waals surface area (Å²) in [6.45, 7) is 4.19. The standard InChI is InChI=1S/C22H18N2/c1-15-8-11-18(12-9-15)22-23-20-13-10-16(2)14-19(20)21(24-22)17-6-4-3-5-7-17/h3-14H,1-2H3. The van der Waals surface area contributed by atoms with Crippen LogP contribution in [0.4, 0.5) is 0 Å². The number of hydrogen-bond acceptors (Lipinski definition) is 2. The number of hydrogen-bond donors (Lipinski definition) is 0. The van der Waals surface area contributed by atoms with Crippen LogP contribution in [0.5, 0.6) is 0 Å². The fourth-order valence-electron chi connectivity index (χ4n) is 2.89. The summed E-state index contributed by atoms with van der Waals surface area (Å²) < 4.78 is 0. The first kappa shape index (κ1) is 14.6. The summed E-state index contributed by atoms with van der Waals surface area (Å²) >= 11 is 0. The fourth-order valence-corrected chi connectivity index (χ4v) is 2.89. The molecule has 4 rings (SSSR count). The van der Waals surface area contributed by atoms with Crippen molar-refractivity contribution in [2.45, 2.75) is 13.8 Å². The van der Waals surface area contributed by atoms with Gasteiger partial charge in [0.05, 0.1) is 11.2 Å². The first-order valence-electron chi connectivity index (χ1n) is 8.11. The predicted molar refractivity (Wildman–Crippen MR) is 99.9 cm³/mol. The highest BCUT2D eigenvalue weighted by Gasteiger charge is 2.11. The molecule has 0 bridgehead atoms. The lowest BCUT2D eigenvalue weighted by molar-refractivity contribution is 1.22. The van der Waals surface area contributed by atoms with E-state index in [0.717, 1.165) is 33.5 Å². The van der Waals surface area contributed by atoms with Crippen LogP contribution in [0.15, 0.2) is 72.8 Å². The van der Waals surface area contributed by atoms with Crippen LogP contribution >= 0.6 is 0 Å². The molecule has 1 heterocycles. The molecule has 0 radical (unpaired) electrons. The van der Waals surface area contributed by atoms with Crippen LogP contribution in [0.2, 0.25) is 0 Å². The van der Waals surface area contributed by atoms with Gasteiger partial charge in [-0.05, 0) is 26.0 Å². The topological polar surface area (TPSA) is 25.8 Å². The van der Waals surface area contributed by atoms with Gasteiger partial charge in [0.2, 0.25) is 0 Å². The van der Waals surface area contributed by atoms with Gasteiger partial charge in [-0.15, -0.1) is 0 Å². The average Bonchev–Trinajstić information content (AvgIpc) is 2.62. The van der Waals surface area contributed by atoms with Crippen molar-refractivity contribution >= 4 is 10.9 Å². The molecule has 0 fully saturated rings. The molecular weight excluding hydrogens is 292 g/mol. The van der Waals surface area contributed by atoms with Gasteiger partial charge in [-0.1, -0.05) is 71.8 Å². The van der Waals surface area contributed by atoms with Crippen molar-refractivity contribution in [2.75, 3.05) is 0 Å². The molecule has 0 saturated carbocycles. The summed E-state index contributed by atoms with van der Waals surface area (Å²) in [5, 5.41) is 1.09. The van der Waals surface area contributed by atoms with Gasteiger partial charge in [-0.2, -0.15) is 0 Å². The zero-order valence-electron chi connectivity index (χ0n) is 13.8. The van der Waals surface area contributed by atoms with E-state index in [9.17, 15) is 0 Å². The molecule has 0 unspecified atom stereocenters. The minimum Gasteiger partial charge on any atom is -0.228 e. The Morgan fingerprint density at radius 3 is 2.08 bits per heavy atom. The van der Waals surface area contributed by atoms with Crippen molar-refractivity contribution in [1.29, 1.82) is 0 Å². The molecule has 1 aromatic heterocycles. The fraction of sp³-hybridized carbons (Fsp3) is 0.0909. The highest BCUT2D eigenvalue weighted by molar-refractivity contribution is 5.94. The number of aromatic nitrogens is 2. The number of aryl methyl sites for hydroxylation is 2. The lowest BCUT2D eigenvalue weighted by atomic mass is 10.0. The summed E-state index contributed by atoms with van der Waals surface area (Å²) in [6, 6.07) is 25.0. The largest absolute Gasteiger partial charge is 0.228 e. The Kier molecular flexibility index (Phi) is 3.58. The summed E-state index contributed by atoms with van der Waals surface area (Å²) in [4.78, 5) is 9.69. The second-order valence-corrected chi connectivity index (χ2v) is 6.15. The van der Waals surface area contributed by atoms with Gasteiger partial charge in [-0.25, -0.2) is 9.97 Å². The molecule has 0 amide bonds. The third-order valence-electron chi connectivity index (χ3n) is 4.21. The van der Waals surface area contributed by atoms with Gasteiger partial charge in [0.15, 0.2) is 5.82 Å². The second kappa shape index (κ2) is 5.89. The van der Waals surface area contributed by atoms with Gasteiger partial charge in [-0.3, -0.25) is 0 Å². The predicted octanol–water partition coefficient (Wildman–Crippen LogP) is 5.58. The van der Waals surface area contributed by atoms with E-state index in [2.05, 4.69) is 68.4 Å². The molecule has 0 saturated heterocycles. The highest BCUT2D eigenvalue weighted by atomic mass is 14.9. The summed E-state index contributed by atoms with van der Waals surface area (Å²) in [5.74, 6) is 0.769. The maximum absolute atomic E-state index is 4.90. The Balaban J connectivity index is 2.00. The van der Waals surface area contributed by atoms with Gasteiger partial charge in [0, 0.05) is 16.5 Å². The van der Waals surface area contributed by atoms with E-state index >= 15 is 0 Å². The van der Waals surface area contributed by atoms with Gasteiger partial charge >= 0.3 is 0 Å². The molecule has 0 atom stereocenters. The molecular formula is C22H18N2. The van der Waals surface area contributed by atoms with Crippen molar-refractivity contribution in [3.05, 3.63) is 83.9 Å². The molecule has 0 aliphatic rings. The molecule has 116 valence electrons. The van der Waals surface area contributed by atoms with Crippen molar-refractivity contribution in [1.82, 2.24) is 9.97 Å². The highest BCUT2D eigenvalue weighted by Crippen LogP contribution is 2.29. The van der Waals surface area contributed by atoms with Crippen molar-refractivity contribution in [3.8, 4) is 22.6 Å². The van der Waals surface area contributed by atoms with E-state index in [0.29, 0.717) is 0 Å². The third kappa shape index (κ3) is 2.67. The smallest absolute Gasteiger partial charge is 0.160 e. The number of rotatable bonds is 2. The van der Waals surface area contributed by atoms with Gasteiger partial charge < -0.3 is 0 Å². The monoisotopic (exact) mass is 310 g/mol. The molecule has 0 spiro atoms. The molecule has 0 aliphatic carbocycles. The molecule has 0 N–H and O–H groups in total. The SMILES string of the molecule is Cc1ccc(-c2nc(-c3ccccc3)c3cc(C)ccc3n2)cc1. The van der Waals surface area contributed by atoms with E-state index in [4.69, 9.17) is 9.97 Å². The Hall–Kier alpha value is -3.00. The maximum Gasteiger partial charge on any atom is 0.160 e. The number of fused-ring (bicyclic) bond motifs is 1. The Morgan fingerprint density at radius 2 is 1.33 bits per heavy atom. The van der Waals surface area contributed by atoms with Crippen LogP contribution in [-0.4, -0.2) is 9.97 Å². The number of nitrogens with zero attached hydrogens (tertiary/aromatic N) is 2. The van der Waals surface area contributed by atoms with Gasteiger partial charge in [0.25, 0.3) is 0 Å². The Bertz CT molecular complexity index is 1000. The first-order chi connectivity index (χ1) is 11.7. The molecule has 4 aromatic rings. The number of benzene rings is 3. The maximum atomic E-state index is 4.90. The molecule has 24 heavy (non-hydrogen) atoms. The van der Waals surface area contributed by atoms with Gasteiger partial charge in [0.1, 0.15) is 0 Å². The van der Waals surface area contributed by atoms with Crippen molar-refractivity contribution < 1.29 is 0 Å². The molecule has 0 aliphatic heterocycles. The quantitative estimate of drug-likeness (QED) is 0.483. The second-order valence-electron chi connectivity index (χ2n) is 6.15. The van der Waals surface area contributed by atoms with E-state index in [1.165, 1.54) is 11.1 Å². The van der Waals surface area contributed by atoms with E-state index in [1.54, 1.807) is 0 Å². The van der Waals surface area contributed by atoms with E-state index in [-0.39, 0.29) is 0 Å². The van der Waals surface area contributed by atoms with Crippen LogP contribution in [0.1, 0.15) is 11.1 Å². The zero-order chi connectivity index (χ0) is 16.5. The lowest BCUT2D eigenvalue weighted by Gasteiger charge is -2.10. The van der Waals surface area contributed by atoms with Crippen LogP contribution < -0.4 is 0 Å². The van der Waals surface area contributed by atoms with Crippen LogP contribution in [0.3, 0.4) is 0 Å². The van der Waals surface area contributed by atoms with Crippen molar-refractivity contribution in [3.63, 3.8) is 0 Å². The minimum atomic E-state index is 0.769. The summed E-state index contributed by atoms with van der Waals surface area (Å²) in [5.41, 5.74) is 6.57. The summed E-state index contributed by atoms with van der Waals surface area (Å²) in [7, 11) is 0. The van der Waals surface area contributed by atoms with Crippen molar-refractivity contribution in [2.24, 2.45) is 0 Å². The van der Waals surface area contributed by atoms with Crippen LogP contribution in [-0.2, 0) is 0 Å². The van der Waals surface area contributed by atoms with E-state index < -0.39 is 0 Å². The summed E-state index contributed by atoms with van der Waals surface area (Å²) in [6.07, 6.45) is 0. The molecule has 2 nitrogen and oxygen atoms in total. The normalized spacial score (nSPS) is 10.9. The third-order valence-corrected chi connectivity index (χ3v) is 4.21. The minimum absolute atomic E-state index is 0.769. The molecule has 3 aromatic carbocycles. The van der Waals surface area contributed by atoms with Crippen LogP contribution in [0.25, 0.3) is 33.5 Å². The first-order valence-corrected chi connectivity index (χ1v) is 8.11. The van der Waals surface area contributed by atoms with Crippen LogP contribution in [0, 0.1) is 13.8 Å². The Morgan fingerprint density at radius 1 is 0.625 bits per heavy atom. The molecule has 2 heteroatoms. The zero-order valence-corrected chi connectivity index (χ0v) is 13.8. The Labute approximate surface area is 141 Å². The lowest BCUT2D eigenvalue weighted by Crippen LogP contribution is -1.95. The average molecular weight is 310 g/mol. The van der Waals surface area contributed by atoms with E-state index in [1.807, 2.05) is 18.2 Å².